The van der Waals surface area contributed by atoms with Gasteiger partial charge in [-0.1, -0.05) is 25.5 Å². The lowest BCUT2D eigenvalue weighted by Crippen LogP contribution is -2.48. The standard InChI is InChI=1S/C13H23N/c1-13(2)11-6-5-10(12(13)9-11)7-8-14(3)4/h5,11-12H,6-9H2,1-4H3/t11-,12-/m1/s1. The van der Waals surface area contributed by atoms with Gasteiger partial charge in [-0.2, -0.15) is 0 Å². The molecule has 0 radical (unpaired) electrons. The first-order valence-electron chi connectivity index (χ1n) is 5.85. The lowest BCUT2D eigenvalue weighted by molar-refractivity contribution is -0.00866. The Morgan fingerprint density at radius 1 is 1.43 bits per heavy atom. The molecule has 14 heavy (non-hydrogen) atoms. The third-order valence-corrected chi connectivity index (χ3v) is 4.43. The largest absolute Gasteiger partial charge is 0.309 e. The molecule has 0 aromatic rings. The molecule has 3 aliphatic carbocycles. The Morgan fingerprint density at radius 3 is 2.64 bits per heavy atom. The summed E-state index contributed by atoms with van der Waals surface area (Å²) in [5.74, 6) is 1.89. The van der Waals surface area contributed by atoms with Crippen LogP contribution in [0.15, 0.2) is 11.6 Å². The van der Waals surface area contributed by atoms with Gasteiger partial charge in [-0.3, -0.25) is 0 Å². The maximum atomic E-state index is 2.52. The summed E-state index contributed by atoms with van der Waals surface area (Å²) in [6.07, 6.45) is 6.61. The second-order valence-corrected chi connectivity index (χ2v) is 5.87. The van der Waals surface area contributed by atoms with Gasteiger partial charge in [0.15, 0.2) is 0 Å². The van der Waals surface area contributed by atoms with Gasteiger partial charge in [0.25, 0.3) is 0 Å². The van der Waals surface area contributed by atoms with Crippen molar-refractivity contribution < 1.29 is 0 Å². The van der Waals surface area contributed by atoms with Gasteiger partial charge in [0.2, 0.25) is 0 Å². The second-order valence-electron chi connectivity index (χ2n) is 5.87. The number of nitrogens with zero attached hydrogens (tertiary/aromatic N) is 1. The van der Waals surface area contributed by atoms with E-state index in [0.717, 1.165) is 11.8 Å². The summed E-state index contributed by atoms with van der Waals surface area (Å²) in [6.45, 7) is 6.12. The zero-order valence-corrected chi connectivity index (χ0v) is 10.0. The normalized spacial score (nSPS) is 33.9. The van der Waals surface area contributed by atoms with E-state index in [9.17, 15) is 0 Å². The van der Waals surface area contributed by atoms with Crippen LogP contribution in [0.2, 0.25) is 0 Å². The molecule has 1 fully saturated rings. The van der Waals surface area contributed by atoms with E-state index in [1.165, 1.54) is 25.8 Å². The van der Waals surface area contributed by atoms with E-state index in [-0.39, 0.29) is 0 Å². The van der Waals surface area contributed by atoms with Gasteiger partial charge in [-0.25, -0.2) is 0 Å². The fraction of sp³-hybridized carbons (Fsp3) is 0.846. The predicted octanol–water partition coefficient (Wildman–Crippen LogP) is 2.93. The van der Waals surface area contributed by atoms with Crippen LogP contribution < -0.4 is 0 Å². The Hall–Kier alpha value is -0.300. The average molecular weight is 193 g/mol. The molecule has 0 amide bonds. The van der Waals surface area contributed by atoms with Crippen molar-refractivity contribution in [2.75, 3.05) is 20.6 Å². The van der Waals surface area contributed by atoms with Crippen LogP contribution in [0.25, 0.3) is 0 Å². The molecular weight excluding hydrogens is 170 g/mol. The van der Waals surface area contributed by atoms with E-state index in [4.69, 9.17) is 0 Å². The van der Waals surface area contributed by atoms with Crippen LogP contribution in [-0.4, -0.2) is 25.5 Å². The third-order valence-electron chi connectivity index (χ3n) is 4.43. The zero-order valence-electron chi connectivity index (χ0n) is 10.0. The minimum absolute atomic E-state index is 0.608. The van der Waals surface area contributed by atoms with Crippen LogP contribution in [-0.2, 0) is 0 Å². The van der Waals surface area contributed by atoms with Crippen LogP contribution in [0.5, 0.6) is 0 Å². The van der Waals surface area contributed by atoms with Gasteiger partial charge in [0, 0.05) is 6.54 Å². The maximum absolute atomic E-state index is 2.52. The van der Waals surface area contributed by atoms with E-state index >= 15 is 0 Å². The fourth-order valence-corrected chi connectivity index (χ4v) is 3.11. The van der Waals surface area contributed by atoms with Crippen molar-refractivity contribution in [1.29, 1.82) is 0 Å². The van der Waals surface area contributed by atoms with Crippen molar-refractivity contribution in [3.05, 3.63) is 11.6 Å². The Balaban J connectivity index is 1.97. The second kappa shape index (κ2) is 3.37. The number of hydrogen-bond donors (Lipinski definition) is 0. The first-order chi connectivity index (χ1) is 6.51. The molecule has 1 heteroatoms. The molecule has 0 unspecified atom stereocenters. The molecule has 2 bridgehead atoms. The van der Waals surface area contributed by atoms with Crippen LogP contribution in [0.1, 0.15) is 33.1 Å². The molecular formula is C13H23N. The summed E-state index contributed by atoms with van der Waals surface area (Å²) in [5.41, 5.74) is 2.35. The Bertz CT molecular complexity index is 250. The molecule has 0 spiro atoms. The summed E-state index contributed by atoms with van der Waals surface area (Å²) in [7, 11) is 4.33. The van der Waals surface area contributed by atoms with Crippen LogP contribution in [0.4, 0.5) is 0 Å². The SMILES string of the molecule is CN(C)CCC1=CC[C@@H]2C[C@H]1C2(C)C. The highest BCUT2D eigenvalue weighted by atomic mass is 15.0. The lowest BCUT2D eigenvalue weighted by atomic mass is 9.48. The molecule has 1 saturated carbocycles. The Labute approximate surface area is 88.2 Å². The molecule has 0 heterocycles. The predicted molar refractivity (Wildman–Crippen MR) is 61.2 cm³/mol. The van der Waals surface area contributed by atoms with Crippen molar-refractivity contribution in [3.8, 4) is 0 Å². The molecule has 80 valence electrons. The van der Waals surface area contributed by atoms with Crippen molar-refractivity contribution in [2.24, 2.45) is 17.3 Å². The molecule has 0 aliphatic heterocycles. The van der Waals surface area contributed by atoms with Gasteiger partial charge in [-0.15, -0.1) is 0 Å². The van der Waals surface area contributed by atoms with Crippen LogP contribution in [0.3, 0.4) is 0 Å². The lowest BCUT2D eigenvalue weighted by Gasteiger charge is -2.56. The molecule has 3 aliphatic rings. The Kier molecular flexibility index (Phi) is 2.46. The first kappa shape index (κ1) is 10.2. The van der Waals surface area contributed by atoms with Crippen molar-refractivity contribution in [1.82, 2.24) is 4.90 Å². The van der Waals surface area contributed by atoms with Gasteiger partial charge < -0.3 is 4.90 Å². The molecule has 0 aromatic heterocycles. The van der Waals surface area contributed by atoms with Gasteiger partial charge in [-0.05, 0) is 50.6 Å². The molecule has 0 saturated heterocycles. The Morgan fingerprint density at radius 2 is 2.14 bits per heavy atom. The van der Waals surface area contributed by atoms with Crippen molar-refractivity contribution in [2.45, 2.75) is 33.1 Å². The third kappa shape index (κ3) is 1.52. The van der Waals surface area contributed by atoms with E-state index in [1.807, 2.05) is 0 Å². The summed E-state index contributed by atoms with van der Waals surface area (Å²) in [5, 5.41) is 0. The maximum Gasteiger partial charge on any atom is 0.00126 e. The van der Waals surface area contributed by atoms with Crippen molar-refractivity contribution in [3.63, 3.8) is 0 Å². The highest BCUT2D eigenvalue weighted by molar-refractivity contribution is 5.23. The number of allylic oxidation sites excluding steroid dienone is 1. The first-order valence-corrected chi connectivity index (χ1v) is 5.85. The number of fused-ring (bicyclic) bond motifs is 1. The van der Waals surface area contributed by atoms with E-state index in [1.54, 1.807) is 5.57 Å². The van der Waals surface area contributed by atoms with Gasteiger partial charge in [0.05, 0.1) is 0 Å². The zero-order chi connectivity index (χ0) is 10.3. The molecule has 3 rings (SSSR count). The minimum atomic E-state index is 0.608. The quantitative estimate of drug-likeness (QED) is 0.623. The van der Waals surface area contributed by atoms with E-state index in [2.05, 4.69) is 38.9 Å². The number of rotatable bonds is 3. The average Bonchev–Trinajstić information content (AvgIpc) is 2.14. The van der Waals surface area contributed by atoms with Crippen molar-refractivity contribution >= 4 is 0 Å². The minimum Gasteiger partial charge on any atom is -0.309 e. The number of hydrogen-bond acceptors (Lipinski definition) is 1. The summed E-state index contributed by atoms with van der Waals surface area (Å²) in [6, 6.07) is 0. The van der Waals surface area contributed by atoms with E-state index in [0.29, 0.717) is 5.41 Å². The topological polar surface area (TPSA) is 3.24 Å². The molecule has 0 N–H and O–H groups in total. The van der Waals surface area contributed by atoms with E-state index < -0.39 is 0 Å². The summed E-state index contributed by atoms with van der Waals surface area (Å²) >= 11 is 0. The highest BCUT2D eigenvalue weighted by Gasteiger charge is 2.50. The smallest absolute Gasteiger partial charge is 0.00126 e. The van der Waals surface area contributed by atoms with Crippen LogP contribution in [0, 0.1) is 17.3 Å². The monoisotopic (exact) mass is 193 g/mol. The fourth-order valence-electron chi connectivity index (χ4n) is 3.11. The van der Waals surface area contributed by atoms with Gasteiger partial charge in [0.1, 0.15) is 0 Å². The highest BCUT2D eigenvalue weighted by Crippen LogP contribution is 2.59. The molecule has 0 aromatic carbocycles. The van der Waals surface area contributed by atoms with Crippen LogP contribution >= 0.6 is 0 Å². The summed E-state index contributed by atoms with van der Waals surface area (Å²) < 4.78 is 0. The van der Waals surface area contributed by atoms with Gasteiger partial charge >= 0.3 is 0 Å². The molecule has 1 nitrogen and oxygen atoms in total. The molecule has 2 atom stereocenters. The summed E-state index contributed by atoms with van der Waals surface area (Å²) in [4.78, 5) is 2.29.